The number of ether oxygens (including phenoxy) is 1. The number of hydrogen-bond donors (Lipinski definition) is 2. The lowest BCUT2D eigenvalue weighted by atomic mass is 10.2. The van der Waals surface area contributed by atoms with E-state index in [1.807, 2.05) is 18.2 Å². The van der Waals surface area contributed by atoms with Gasteiger partial charge in [0.2, 0.25) is 0 Å². The van der Waals surface area contributed by atoms with E-state index in [2.05, 4.69) is 21.6 Å². The molecular weight excluding hydrogens is 254 g/mol. The van der Waals surface area contributed by atoms with Gasteiger partial charge in [-0.2, -0.15) is 0 Å². The highest BCUT2D eigenvalue weighted by atomic mass is 16.5. The van der Waals surface area contributed by atoms with E-state index in [9.17, 15) is 4.79 Å². The average Bonchev–Trinajstić information content (AvgIpc) is 3.03. The molecule has 2 fully saturated rings. The van der Waals surface area contributed by atoms with Gasteiger partial charge in [-0.15, -0.1) is 0 Å². The highest BCUT2D eigenvalue weighted by Gasteiger charge is 2.22. The predicted octanol–water partition coefficient (Wildman–Crippen LogP) is 1.21. The van der Waals surface area contributed by atoms with Gasteiger partial charge in [0.05, 0.1) is 6.61 Å². The molecule has 0 aliphatic carbocycles. The summed E-state index contributed by atoms with van der Waals surface area (Å²) >= 11 is 0. The van der Waals surface area contributed by atoms with E-state index < -0.39 is 0 Å². The number of morpholine rings is 1. The van der Waals surface area contributed by atoms with Gasteiger partial charge < -0.3 is 20.3 Å². The van der Waals surface area contributed by atoms with Crippen molar-refractivity contribution in [2.24, 2.45) is 0 Å². The summed E-state index contributed by atoms with van der Waals surface area (Å²) in [6.45, 7) is 4.19. The Labute approximate surface area is 119 Å². The summed E-state index contributed by atoms with van der Waals surface area (Å²) in [5, 5.41) is 6.11. The molecule has 0 spiro atoms. The highest BCUT2D eigenvalue weighted by molar-refractivity contribution is 5.94. The first kappa shape index (κ1) is 13.4. The molecule has 0 saturated carbocycles. The normalized spacial score (nSPS) is 22.8. The smallest absolute Gasteiger partial charge is 0.254 e. The molecule has 0 aromatic heterocycles. The maximum atomic E-state index is 12.1. The molecule has 2 saturated heterocycles. The van der Waals surface area contributed by atoms with Gasteiger partial charge >= 0.3 is 0 Å². The van der Waals surface area contributed by atoms with Gasteiger partial charge in [0.15, 0.2) is 0 Å². The fourth-order valence-electron chi connectivity index (χ4n) is 2.71. The molecule has 0 radical (unpaired) electrons. The van der Waals surface area contributed by atoms with E-state index in [0.717, 1.165) is 25.3 Å². The summed E-state index contributed by atoms with van der Waals surface area (Å²) < 4.78 is 5.46. The van der Waals surface area contributed by atoms with Gasteiger partial charge in [-0.3, -0.25) is 4.79 Å². The quantitative estimate of drug-likeness (QED) is 0.871. The third-order valence-electron chi connectivity index (χ3n) is 3.80. The second-order valence-corrected chi connectivity index (χ2v) is 5.30. The van der Waals surface area contributed by atoms with Gasteiger partial charge in [0.1, 0.15) is 6.10 Å². The van der Waals surface area contributed by atoms with Crippen LogP contribution in [0.2, 0.25) is 0 Å². The molecule has 108 valence electrons. The minimum Gasteiger partial charge on any atom is -0.371 e. The van der Waals surface area contributed by atoms with Crippen molar-refractivity contribution in [1.29, 1.82) is 0 Å². The van der Waals surface area contributed by atoms with Crippen molar-refractivity contribution < 1.29 is 9.53 Å². The first-order valence-corrected chi connectivity index (χ1v) is 7.31. The Bertz CT molecular complexity index is 466. The van der Waals surface area contributed by atoms with E-state index >= 15 is 0 Å². The Kier molecular flexibility index (Phi) is 4.18. The van der Waals surface area contributed by atoms with E-state index in [4.69, 9.17) is 4.74 Å². The lowest BCUT2D eigenvalue weighted by Crippen LogP contribution is -2.45. The number of nitrogens with one attached hydrogen (secondary N) is 2. The summed E-state index contributed by atoms with van der Waals surface area (Å²) in [5.41, 5.74) is 2.02. The number of carbonyl (C=O) groups is 1. The van der Waals surface area contributed by atoms with Crippen LogP contribution in [0.5, 0.6) is 0 Å². The summed E-state index contributed by atoms with van der Waals surface area (Å²) in [6, 6.07) is 8.05. The van der Waals surface area contributed by atoms with Crippen LogP contribution in [0, 0.1) is 0 Å². The van der Waals surface area contributed by atoms with Crippen molar-refractivity contribution in [3.63, 3.8) is 0 Å². The van der Waals surface area contributed by atoms with Crippen molar-refractivity contribution in [2.45, 2.75) is 18.9 Å². The zero-order valence-electron chi connectivity index (χ0n) is 11.6. The fourth-order valence-corrected chi connectivity index (χ4v) is 2.71. The molecule has 1 amide bonds. The molecule has 5 nitrogen and oxygen atoms in total. The van der Waals surface area contributed by atoms with Crippen LogP contribution < -0.4 is 15.5 Å². The van der Waals surface area contributed by atoms with Crippen molar-refractivity contribution in [2.75, 3.05) is 43.0 Å². The average molecular weight is 275 g/mol. The Morgan fingerprint density at radius 1 is 1.35 bits per heavy atom. The van der Waals surface area contributed by atoms with Crippen molar-refractivity contribution in [3.05, 3.63) is 24.3 Å². The largest absolute Gasteiger partial charge is 0.371 e. The molecule has 5 heteroatoms. The lowest BCUT2D eigenvalue weighted by molar-refractivity contribution is -0.128. The van der Waals surface area contributed by atoms with Gasteiger partial charge in [0, 0.05) is 37.6 Å². The molecule has 1 atom stereocenters. The van der Waals surface area contributed by atoms with Crippen LogP contribution in [0.1, 0.15) is 12.8 Å². The monoisotopic (exact) mass is 275 g/mol. The van der Waals surface area contributed by atoms with Crippen molar-refractivity contribution in [3.8, 4) is 0 Å². The maximum Gasteiger partial charge on any atom is 0.254 e. The van der Waals surface area contributed by atoms with Crippen LogP contribution in [0.15, 0.2) is 24.3 Å². The lowest BCUT2D eigenvalue weighted by Gasteiger charge is -2.23. The molecule has 2 aliphatic rings. The predicted molar refractivity (Wildman–Crippen MR) is 79.1 cm³/mol. The van der Waals surface area contributed by atoms with E-state index in [0.29, 0.717) is 13.2 Å². The van der Waals surface area contributed by atoms with Crippen LogP contribution in [0.3, 0.4) is 0 Å². The number of rotatable bonds is 3. The van der Waals surface area contributed by atoms with Gasteiger partial charge in [-0.25, -0.2) is 0 Å². The van der Waals surface area contributed by atoms with E-state index in [-0.39, 0.29) is 12.0 Å². The molecule has 20 heavy (non-hydrogen) atoms. The summed E-state index contributed by atoms with van der Waals surface area (Å²) in [6.07, 6.45) is 2.11. The molecule has 1 aromatic rings. The molecule has 2 N–H and O–H groups in total. The van der Waals surface area contributed by atoms with Crippen LogP contribution >= 0.6 is 0 Å². The molecule has 2 heterocycles. The van der Waals surface area contributed by atoms with Crippen LogP contribution in [-0.2, 0) is 9.53 Å². The number of carbonyl (C=O) groups excluding carboxylic acids is 1. The summed E-state index contributed by atoms with van der Waals surface area (Å²) in [5.74, 6) is -0.0734. The molecule has 3 rings (SSSR count). The Morgan fingerprint density at radius 3 is 2.95 bits per heavy atom. The molecule has 2 aliphatic heterocycles. The van der Waals surface area contributed by atoms with E-state index in [1.54, 1.807) is 0 Å². The van der Waals surface area contributed by atoms with E-state index in [1.165, 1.54) is 18.5 Å². The van der Waals surface area contributed by atoms with Crippen molar-refractivity contribution in [1.82, 2.24) is 5.32 Å². The number of amides is 1. The fraction of sp³-hybridized carbons (Fsp3) is 0.533. The zero-order valence-corrected chi connectivity index (χ0v) is 11.6. The summed E-state index contributed by atoms with van der Waals surface area (Å²) in [7, 11) is 0. The minimum atomic E-state index is -0.390. The number of benzene rings is 1. The number of hydrogen-bond acceptors (Lipinski definition) is 4. The maximum absolute atomic E-state index is 12.1. The third-order valence-corrected chi connectivity index (χ3v) is 3.80. The second-order valence-electron chi connectivity index (χ2n) is 5.30. The topological polar surface area (TPSA) is 53.6 Å². The third kappa shape index (κ3) is 3.11. The first-order valence-electron chi connectivity index (χ1n) is 7.31. The molecule has 1 aromatic carbocycles. The molecule has 1 unspecified atom stereocenters. The number of nitrogens with zero attached hydrogens (tertiary/aromatic N) is 1. The second kappa shape index (κ2) is 6.24. The number of anilines is 2. The Balaban J connectivity index is 1.64. The standard InChI is InChI=1S/C15H21N3O2/c19-15(14-11-16-6-9-20-14)17-12-4-3-5-13(10-12)18-7-1-2-8-18/h3-5,10,14,16H,1-2,6-9,11H2,(H,17,19). The van der Waals surface area contributed by atoms with Gasteiger partial charge in [-0.1, -0.05) is 6.07 Å². The molecular formula is C15H21N3O2. The molecule has 0 bridgehead atoms. The van der Waals surface area contributed by atoms with Crippen molar-refractivity contribution >= 4 is 17.3 Å². The zero-order chi connectivity index (χ0) is 13.8. The SMILES string of the molecule is O=C(Nc1cccc(N2CCCC2)c1)C1CNCCO1. The Morgan fingerprint density at radius 2 is 2.20 bits per heavy atom. The first-order chi connectivity index (χ1) is 9.83. The Hall–Kier alpha value is -1.59. The van der Waals surface area contributed by atoms with Gasteiger partial charge in [0.25, 0.3) is 5.91 Å². The van der Waals surface area contributed by atoms with Gasteiger partial charge in [-0.05, 0) is 31.0 Å². The minimum absolute atomic E-state index is 0.0734. The van der Waals surface area contributed by atoms with Crippen LogP contribution in [-0.4, -0.2) is 44.8 Å². The van der Waals surface area contributed by atoms with Crippen LogP contribution in [0.4, 0.5) is 11.4 Å². The summed E-state index contributed by atoms with van der Waals surface area (Å²) in [4.78, 5) is 14.5. The highest BCUT2D eigenvalue weighted by Crippen LogP contribution is 2.23. The van der Waals surface area contributed by atoms with Crippen LogP contribution in [0.25, 0.3) is 0 Å².